The number of nitrogens with one attached hydrogen (secondary N) is 1. The van der Waals surface area contributed by atoms with Gasteiger partial charge in [0, 0.05) is 10.6 Å². The third-order valence-electron chi connectivity index (χ3n) is 6.79. The fraction of sp³-hybridized carbons (Fsp3) is 0.156. The molecule has 5 rings (SSSR count). The number of amides is 4. The van der Waals surface area contributed by atoms with Crippen molar-refractivity contribution in [2.75, 3.05) is 11.5 Å². The zero-order valence-corrected chi connectivity index (χ0v) is 25.5. The van der Waals surface area contributed by atoms with E-state index in [9.17, 15) is 14.4 Å². The van der Waals surface area contributed by atoms with E-state index in [1.807, 2.05) is 19.1 Å². The van der Waals surface area contributed by atoms with Crippen LogP contribution in [0, 0.1) is 17.4 Å². The second kappa shape index (κ2) is 11.9. The molecule has 0 aromatic heterocycles. The van der Waals surface area contributed by atoms with Crippen molar-refractivity contribution in [2.24, 2.45) is 0 Å². The van der Waals surface area contributed by atoms with E-state index in [1.165, 1.54) is 12.1 Å². The summed E-state index contributed by atoms with van der Waals surface area (Å²) >= 11 is 8.28. The average molecular weight is 681 g/mol. The Kier molecular flexibility index (Phi) is 8.32. The van der Waals surface area contributed by atoms with Crippen molar-refractivity contribution in [1.29, 1.82) is 0 Å². The van der Waals surface area contributed by atoms with Crippen LogP contribution in [-0.4, -0.2) is 24.5 Å². The van der Waals surface area contributed by atoms with Gasteiger partial charge in [0.15, 0.2) is 11.5 Å². The summed E-state index contributed by atoms with van der Waals surface area (Å²) in [5.74, 6) is -0.487. The second-order valence-electron chi connectivity index (χ2n) is 9.52. The Hall–Kier alpha value is -3.89. The molecule has 1 aliphatic rings. The largest absolute Gasteiger partial charge is 0.490 e. The summed E-state index contributed by atoms with van der Waals surface area (Å²) in [6, 6.07) is 19.9. The number of imide groups is 2. The summed E-state index contributed by atoms with van der Waals surface area (Å²) < 4.78 is 13.0. The molecule has 0 unspecified atom stereocenters. The number of barbiturate groups is 1. The zero-order chi connectivity index (χ0) is 29.3. The first kappa shape index (κ1) is 28.6. The van der Waals surface area contributed by atoms with Crippen LogP contribution in [0.5, 0.6) is 11.5 Å². The van der Waals surface area contributed by atoms with Gasteiger partial charge in [-0.3, -0.25) is 14.9 Å². The highest BCUT2D eigenvalue weighted by Gasteiger charge is 2.37. The van der Waals surface area contributed by atoms with Gasteiger partial charge in [0.1, 0.15) is 12.2 Å². The smallest absolute Gasteiger partial charge is 0.335 e. The number of urea groups is 1. The molecule has 0 radical (unpaired) electrons. The van der Waals surface area contributed by atoms with Gasteiger partial charge in [0.2, 0.25) is 0 Å². The number of benzene rings is 4. The number of aryl methyl sites for hydroxylation is 2. The number of hydrogen-bond acceptors (Lipinski definition) is 5. The lowest BCUT2D eigenvalue weighted by molar-refractivity contribution is -0.122. The number of fused-ring (bicyclic) bond motifs is 1. The van der Waals surface area contributed by atoms with E-state index in [1.54, 1.807) is 31.2 Å². The molecular weight excluding hydrogens is 655 g/mol. The summed E-state index contributed by atoms with van der Waals surface area (Å²) in [6.45, 7) is 6.39. The first-order valence-corrected chi connectivity index (χ1v) is 14.4. The molecule has 41 heavy (non-hydrogen) atoms. The Bertz CT molecular complexity index is 1750. The van der Waals surface area contributed by atoms with E-state index in [0.717, 1.165) is 30.4 Å². The quantitative estimate of drug-likeness (QED) is 0.125. The van der Waals surface area contributed by atoms with Crippen LogP contribution in [0.1, 0.15) is 29.2 Å². The molecule has 4 aromatic carbocycles. The molecule has 0 aliphatic carbocycles. The van der Waals surface area contributed by atoms with Crippen LogP contribution >= 0.6 is 34.2 Å². The molecule has 4 aromatic rings. The predicted molar refractivity (Wildman–Crippen MR) is 169 cm³/mol. The summed E-state index contributed by atoms with van der Waals surface area (Å²) in [6.07, 6.45) is 1.44. The highest BCUT2D eigenvalue weighted by Crippen LogP contribution is 2.37. The van der Waals surface area contributed by atoms with E-state index in [0.29, 0.717) is 46.5 Å². The highest BCUT2D eigenvalue weighted by molar-refractivity contribution is 14.1. The number of anilines is 1. The minimum Gasteiger partial charge on any atom is -0.490 e. The summed E-state index contributed by atoms with van der Waals surface area (Å²) in [4.78, 5) is 39.8. The first-order valence-electron chi connectivity index (χ1n) is 12.9. The van der Waals surface area contributed by atoms with Crippen molar-refractivity contribution in [3.63, 3.8) is 0 Å². The lowest BCUT2D eigenvalue weighted by Crippen LogP contribution is -2.54. The van der Waals surface area contributed by atoms with Crippen molar-refractivity contribution in [3.8, 4) is 11.5 Å². The Morgan fingerprint density at radius 1 is 0.951 bits per heavy atom. The van der Waals surface area contributed by atoms with Crippen molar-refractivity contribution in [3.05, 3.63) is 103 Å². The number of carbonyl (C=O) groups excluding carboxylic acids is 3. The van der Waals surface area contributed by atoms with E-state index in [4.69, 9.17) is 21.1 Å². The van der Waals surface area contributed by atoms with Gasteiger partial charge in [-0.05, 0) is 101 Å². The molecule has 0 spiro atoms. The van der Waals surface area contributed by atoms with Crippen LogP contribution in [0.2, 0.25) is 5.02 Å². The summed E-state index contributed by atoms with van der Waals surface area (Å²) in [5.41, 5.74) is 3.51. The number of ether oxygens (including phenoxy) is 2. The van der Waals surface area contributed by atoms with Crippen LogP contribution in [0.3, 0.4) is 0 Å². The molecule has 0 bridgehead atoms. The molecule has 0 saturated carbocycles. The van der Waals surface area contributed by atoms with Gasteiger partial charge in [-0.1, -0.05) is 54.1 Å². The fourth-order valence-corrected chi connectivity index (χ4v) is 5.67. The maximum atomic E-state index is 13.5. The summed E-state index contributed by atoms with van der Waals surface area (Å²) in [5, 5.41) is 4.87. The lowest BCUT2D eigenvalue weighted by Gasteiger charge is -2.27. The SMILES string of the molecule is CCOc1cc(/C=C2\C(=O)NC(=O)N(c3cc(Cl)ccc3C)C2=O)cc(I)c1OCc1c(C)ccc2ccccc12. The van der Waals surface area contributed by atoms with Gasteiger partial charge in [-0.15, -0.1) is 0 Å². The molecule has 9 heteroatoms. The third-order valence-corrected chi connectivity index (χ3v) is 7.83. The minimum atomic E-state index is -0.834. The topological polar surface area (TPSA) is 84.9 Å². The maximum Gasteiger partial charge on any atom is 0.335 e. The molecule has 1 fully saturated rings. The van der Waals surface area contributed by atoms with Crippen molar-refractivity contribution < 1.29 is 23.9 Å². The third kappa shape index (κ3) is 5.80. The monoisotopic (exact) mass is 680 g/mol. The van der Waals surface area contributed by atoms with Crippen molar-refractivity contribution in [2.45, 2.75) is 27.4 Å². The lowest BCUT2D eigenvalue weighted by atomic mass is 10.0. The second-order valence-corrected chi connectivity index (χ2v) is 11.1. The summed E-state index contributed by atoms with van der Waals surface area (Å²) in [7, 11) is 0. The van der Waals surface area contributed by atoms with Gasteiger partial charge >= 0.3 is 6.03 Å². The number of halogens is 2. The number of nitrogens with zero attached hydrogens (tertiary/aromatic N) is 1. The van der Waals surface area contributed by atoms with Gasteiger partial charge in [-0.25, -0.2) is 9.69 Å². The average Bonchev–Trinajstić information content (AvgIpc) is 2.93. The Morgan fingerprint density at radius 2 is 1.71 bits per heavy atom. The van der Waals surface area contributed by atoms with Gasteiger partial charge in [-0.2, -0.15) is 0 Å². The molecular formula is C32H26ClIN2O5. The predicted octanol–water partition coefficient (Wildman–Crippen LogP) is 7.36. The van der Waals surface area contributed by atoms with Crippen LogP contribution < -0.4 is 19.7 Å². The molecule has 1 saturated heterocycles. The number of rotatable bonds is 7. The molecule has 208 valence electrons. The van der Waals surface area contributed by atoms with E-state index in [2.05, 4.69) is 59.1 Å². The van der Waals surface area contributed by atoms with Crippen LogP contribution in [0.25, 0.3) is 16.8 Å². The van der Waals surface area contributed by atoms with E-state index < -0.39 is 17.8 Å². The van der Waals surface area contributed by atoms with Crippen molar-refractivity contribution >= 4 is 74.6 Å². The molecule has 7 nitrogen and oxygen atoms in total. The molecule has 0 atom stereocenters. The van der Waals surface area contributed by atoms with Gasteiger partial charge < -0.3 is 9.47 Å². The maximum absolute atomic E-state index is 13.5. The van der Waals surface area contributed by atoms with E-state index >= 15 is 0 Å². The Labute approximate surface area is 256 Å². The first-order chi connectivity index (χ1) is 19.7. The van der Waals surface area contributed by atoms with Crippen molar-refractivity contribution in [1.82, 2.24) is 5.32 Å². The van der Waals surface area contributed by atoms with E-state index in [-0.39, 0.29) is 5.57 Å². The zero-order valence-electron chi connectivity index (χ0n) is 22.6. The number of carbonyl (C=O) groups is 3. The molecule has 1 aliphatic heterocycles. The Balaban J connectivity index is 1.49. The highest BCUT2D eigenvalue weighted by atomic mass is 127. The fourth-order valence-electron chi connectivity index (χ4n) is 4.72. The Morgan fingerprint density at radius 3 is 2.49 bits per heavy atom. The van der Waals surface area contributed by atoms with Gasteiger partial charge in [0.25, 0.3) is 11.8 Å². The molecule has 1 heterocycles. The van der Waals surface area contributed by atoms with Crippen LogP contribution in [-0.2, 0) is 16.2 Å². The van der Waals surface area contributed by atoms with Crippen LogP contribution in [0.4, 0.5) is 10.5 Å². The molecule has 4 amide bonds. The van der Waals surface area contributed by atoms with Crippen LogP contribution in [0.15, 0.2) is 72.3 Å². The normalized spacial score (nSPS) is 14.5. The van der Waals surface area contributed by atoms with Gasteiger partial charge in [0.05, 0.1) is 15.9 Å². The standard InChI is InChI=1S/C32H26ClIN2O5/c1-4-40-28-15-20(13-24-30(37)35-32(39)36(31(24)38)27-16-22(33)12-10-19(27)3)14-26(34)29(28)41-17-25-18(2)9-11-21-7-5-6-8-23(21)25/h5-16H,4,17H2,1-3H3,(H,35,37,39)/b24-13+. The minimum absolute atomic E-state index is 0.192. The molecule has 1 N–H and O–H groups in total. The number of hydrogen-bond donors (Lipinski definition) is 1.